The van der Waals surface area contributed by atoms with Gasteiger partial charge in [-0.2, -0.15) is 0 Å². The second kappa shape index (κ2) is 9.13. The first-order valence-corrected chi connectivity index (χ1v) is 10.3. The standard InChI is InChI=1S/C23H23ClN4O2/c1-30-19-7-4-6-18(15-19)21-9-10-22(26-25-21)27-11-13-28(14-12-27)23(29)16-17-5-2-3-8-20(17)24/h2-10,15H,11-14,16H2,1H3. The number of carbonyl (C=O) groups is 1. The van der Waals surface area contributed by atoms with Crippen LogP contribution in [0.3, 0.4) is 0 Å². The van der Waals surface area contributed by atoms with E-state index in [1.807, 2.05) is 65.6 Å². The highest BCUT2D eigenvalue weighted by Crippen LogP contribution is 2.23. The molecule has 4 rings (SSSR count). The van der Waals surface area contributed by atoms with Crippen molar-refractivity contribution >= 4 is 23.3 Å². The number of piperazine rings is 1. The van der Waals surface area contributed by atoms with Crippen LogP contribution in [0.4, 0.5) is 5.82 Å². The molecule has 2 heterocycles. The molecule has 1 aromatic heterocycles. The first-order valence-electron chi connectivity index (χ1n) is 9.88. The number of nitrogens with zero attached hydrogens (tertiary/aromatic N) is 4. The number of halogens is 1. The van der Waals surface area contributed by atoms with Crippen LogP contribution in [-0.4, -0.2) is 54.3 Å². The minimum Gasteiger partial charge on any atom is -0.497 e. The molecule has 0 unspecified atom stereocenters. The summed E-state index contributed by atoms with van der Waals surface area (Å²) in [4.78, 5) is 16.7. The summed E-state index contributed by atoms with van der Waals surface area (Å²) < 4.78 is 5.27. The molecule has 0 saturated carbocycles. The molecule has 1 saturated heterocycles. The molecule has 2 aromatic carbocycles. The Morgan fingerprint density at radius 2 is 1.80 bits per heavy atom. The van der Waals surface area contributed by atoms with E-state index in [-0.39, 0.29) is 5.91 Å². The molecule has 7 heteroatoms. The van der Waals surface area contributed by atoms with E-state index in [2.05, 4.69) is 15.1 Å². The summed E-state index contributed by atoms with van der Waals surface area (Å²) in [6, 6.07) is 19.2. The SMILES string of the molecule is COc1cccc(-c2ccc(N3CCN(C(=O)Cc4ccccc4Cl)CC3)nn2)c1. The molecule has 0 atom stereocenters. The van der Waals surface area contributed by atoms with Crippen molar-refractivity contribution in [3.63, 3.8) is 0 Å². The third-order valence-electron chi connectivity index (χ3n) is 5.27. The van der Waals surface area contributed by atoms with E-state index in [0.29, 0.717) is 24.5 Å². The van der Waals surface area contributed by atoms with Gasteiger partial charge in [-0.25, -0.2) is 0 Å². The Kier molecular flexibility index (Phi) is 6.14. The van der Waals surface area contributed by atoms with Gasteiger partial charge in [0.15, 0.2) is 5.82 Å². The molecular formula is C23H23ClN4O2. The third kappa shape index (κ3) is 4.54. The van der Waals surface area contributed by atoms with Gasteiger partial charge < -0.3 is 14.5 Å². The molecule has 0 spiro atoms. The third-order valence-corrected chi connectivity index (χ3v) is 5.64. The fraction of sp³-hybridized carbons (Fsp3) is 0.261. The van der Waals surface area contributed by atoms with Crippen LogP contribution in [0.1, 0.15) is 5.56 Å². The fourth-order valence-corrected chi connectivity index (χ4v) is 3.73. The highest BCUT2D eigenvalue weighted by atomic mass is 35.5. The quantitative estimate of drug-likeness (QED) is 0.627. The zero-order valence-corrected chi connectivity index (χ0v) is 17.5. The monoisotopic (exact) mass is 422 g/mol. The van der Waals surface area contributed by atoms with Gasteiger partial charge in [0, 0.05) is 36.8 Å². The Hall–Kier alpha value is -3.12. The van der Waals surface area contributed by atoms with E-state index >= 15 is 0 Å². The molecule has 6 nitrogen and oxygen atoms in total. The lowest BCUT2D eigenvalue weighted by Gasteiger charge is -2.35. The second-order valence-corrected chi connectivity index (χ2v) is 7.55. The summed E-state index contributed by atoms with van der Waals surface area (Å²) >= 11 is 6.18. The smallest absolute Gasteiger partial charge is 0.227 e. The average Bonchev–Trinajstić information content (AvgIpc) is 2.81. The lowest BCUT2D eigenvalue weighted by atomic mass is 10.1. The van der Waals surface area contributed by atoms with E-state index < -0.39 is 0 Å². The second-order valence-electron chi connectivity index (χ2n) is 7.14. The molecule has 30 heavy (non-hydrogen) atoms. The molecule has 3 aromatic rings. The Labute approximate surface area is 181 Å². The number of amides is 1. The predicted octanol–water partition coefficient (Wildman–Crippen LogP) is 3.70. The maximum absolute atomic E-state index is 12.6. The molecule has 1 fully saturated rings. The van der Waals surface area contributed by atoms with Crippen LogP contribution < -0.4 is 9.64 Å². The minimum atomic E-state index is 0.0993. The van der Waals surface area contributed by atoms with Crippen LogP contribution in [0.15, 0.2) is 60.7 Å². The normalized spacial score (nSPS) is 13.9. The van der Waals surface area contributed by atoms with Gasteiger partial charge in [-0.05, 0) is 35.9 Å². The number of carbonyl (C=O) groups excluding carboxylic acids is 1. The van der Waals surface area contributed by atoms with Crippen LogP contribution in [0, 0.1) is 0 Å². The fourth-order valence-electron chi connectivity index (χ4n) is 3.53. The zero-order chi connectivity index (χ0) is 20.9. The van der Waals surface area contributed by atoms with Crippen LogP contribution in [0.5, 0.6) is 5.75 Å². The zero-order valence-electron chi connectivity index (χ0n) is 16.8. The van der Waals surface area contributed by atoms with E-state index in [1.54, 1.807) is 7.11 Å². The van der Waals surface area contributed by atoms with E-state index in [1.165, 1.54) is 0 Å². The Balaban J connectivity index is 1.36. The molecule has 0 radical (unpaired) electrons. The highest BCUT2D eigenvalue weighted by molar-refractivity contribution is 6.31. The number of ether oxygens (including phenoxy) is 1. The van der Waals surface area contributed by atoms with E-state index in [0.717, 1.165) is 41.5 Å². The number of anilines is 1. The Bertz CT molecular complexity index is 1020. The molecule has 154 valence electrons. The van der Waals surface area contributed by atoms with Crippen LogP contribution in [0.2, 0.25) is 5.02 Å². The molecule has 0 N–H and O–H groups in total. The van der Waals surface area contributed by atoms with Crippen LogP contribution >= 0.6 is 11.6 Å². The summed E-state index contributed by atoms with van der Waals surface area (Å²) in [6.45, 7) is 2.76. The number of methoxy groups -OCH3 is 1. The van der Waals surface area contributed by atoms with E-state index in [9.17, 15) is 4.79 Å². The highest BCUT2D eigenvalue weighted by Gasteiger charge is 2.22. The number of benzene rings is 2. The van der Waals surface area contributed by atoms with Crippen molar-refractivity contribution in [3.05, 3.63) is 71.2 Å². The largest absolute Gasteiger partial charge is 0.497 e. The van der Waals surface area contributed by atoms with Gasteiger partial charge in [0.1, 0.15) is 5.75 Å². The topological polar surface area (TPSA) is 58.6 Å². The number of hydrogen-bond acceptors (Lipinski definition) is 5. The number of rotatable bonds is 5. The van der Waals surface area contributed by atoms with Crippen molar-refractivity contribution in [1.82, 2.24) is 15.1 Å². The van der Waals surface area contributed by atoms with Gasteiger partial charge in [0.05, 0.1) is 19.2 Å². The van der Waals surface area contributed by atoms with Crippen LogP contribution in [0.25, 0.3) is 11.3 Å². The lowest BCUT2D eigenvalue weighted by Crippen LogP contribution is -2.49. The first-order chi connectivity index (χ1) is 14.6. The maximum Gasteiger partial charge on any atom is 0.227 e. The van der Waals surface area contributed by atoms with Gasteiger partial charge in [0.2, 0.25) is 5.91 Å². The van der Waals surface area contributed by atoms with Crippen LogP contribution in [-0.2, 0) is 11.2 Å². The summed E-state index contributed by atoms with van der Waals surface area (Å²) in [5, 5.41) is 9.41. The van der Waals surface area contributed by atoms with Crippen molar-refractivity contribution < 1.29 is 9.53 Å². The summed E-state index contributed by atoms with van der Waals surface area (Å²) in [5.74, 6) is 1.71. The Morgan fingerprint density at radius 1 is 1.00 bits per heavy atom. The summed E-state index contributed by atoms with van der Waals surface area (Å²) in [7, 11) is 1.65. The van der Waals surface area contributed by atoms with Crippen molar-refractivity contribution in [2.24, 2.45) is 0 Å². The number of hydrogen-bond donors (Lipinski definition) is 0. The van der Waals surface area contributed by atoms with Gasteiger partial charge >= 0.3 is 0 Å². The lowest BCUT2D eigenvalue weighted by molar-refractivity contribution is -0.130. The molecule has 1 amide bonds. The van der Waals surface area contributed by atoms with Crippen molar-refractivity contribution in [1.29, 1.82) is 0 Å². The average molecular weight is 423 g/mol. The molecular weight excluding hydrogens is 400 g/mol. The first kappa shape index (κ1) is 20.2. The van der Waals surface area contributed by atoms with Crippen molar-refractivity contribution in [3.8, 4) is 17.0 Å². The molecule has 1 aliphatic rings. The Morgan fingerprint density at radius 3 is 2.50 bits per heavy atom. The molecule has 0 bridgehead atoms. The van der Waals surface area contributed by atoms with Gasteiger partial charge in [-0.1, -0.05) is 41.9 Å². The molecule has 1 aliphatic heterocycles. The minimum absolute atomic E-state index is 0.0993. The maximum atomic E-state index is 12.6. The van der Waals surface area contributed by atoms with Crippen molar-refractivity contribution in [2.45, 2.75) is 6.42 Å². The van der Waals surface area contributed by atoms with Crippen molar-refractivity contribution in [2.75, 3.05) is 38.2 Å². The predicted molar refractivity (Wildman–Crippen MR) is 118 cm³/mol. The number of aromatic nitrogens is 2. The summed E-state index contributed by atoms with van der Waals surface area (Å²) in [5.41, 5.74) is 2.63. The molecule has 0 aliphatic carbocycles. The summed E-state index contributed by atoms with van der Waals surface area (Å²) in [6.07, 6.45) is 0.328. The van der Waals surface area contributed by atoms with Gasteiger partial charge in [-0.3, -0.25) is 4.79 Å². The van der Waals surface area contributed by atoms with Gasteiger partial charge in [-0.15, -0.1) is 10.2 Å². The van der Waals surface area contributed by atoms with Gasteiger partial charge in [0.25, 0.3) is 0 Å². The van der Waals surface area contributed by atoms with E-state index in [4.69, 9.17) is 16.3 Å².